The van der Waals surface area contributed by atoms with Crippen molar-refractivity contribution in [3.63, 3.8) is 0 Å². The number of para-hydroxylation sites is 1. The fourth-order valence-corrected chi connectivity index (χ4v) is 4.62. The second-order valence-electron chi connectivity index (χ2n) is 7.14. The third-order valence-corrected chi connectivity index (χ3v) is 6.33. The quantitative estimate of drug-likeness (QED) is 0.686. The first-order chi connectivity index (χ1) is 13.1. The van der Waals surface area contributed by atoms with Crippen LogP contribution in [0.15, 0.2) is 42.5 Å². The van der Waals surface area contributed by atoms with Crippen molar-refractivity contribution in [3.8, 4) is 0 Å². The van der Waals surface area contributed by atoms with Gasteiger partial charge in [-0.05, 0) is 30.5 Å². The number of piperazine rings is 1. The molecule has 5 heteroatoms. The van der Waals surface area contributed by atoms with E-state index in [2.05, 4.69) is 61.2 Å². The Morgan fingerprint density at radius 3 is 2.52 bits per heavy atom. The largest absolute Gasteiger partial charge is 0.345 e. The minimum absolute atomic E-state index is 0.219. The maximum absolute atomic E-state index is 12.6. The average molecular weight is 380 g/mol. The molecule has 1 aliphatic heterocycles. The molecule has 2 aromatic carbocycles. The average Bonchev–Trinajstić information content (AvgIpc) is 3.14. The standard InChI is InChI=1S/C22H25N3OS/c1-3-18-5-4-6-19-21(18)23-22(27-19)25-13-11-24(12-14-25)20(26)15-17-9-7-16(2)8-10-17/h4-10H,3,11-15H2,1-2H3. The molecule has 1 aromatic heterocycles. The summed E-state index contributed by atoms with van der Waals surface area (Å²) in [6.45, 7) is 7.47. The Bertz CT molecular complexity index is 940. The molecule has 1 saturated heterocycles. The van der Waals surface area contributed by atoms with Gasteiger partial charge in [-0.3, -0.25) is 4.79 Å². The van der Waals surface area contributed by atoms with Gasteiger partial charge < -0.3 is 9.80 Å². The lowest BCUT2D eigenvalue weighted by Gasteiger charge is -2.34. The summed E-state index contributed by atoms with van der Waals surface area (Å²) in [6, 6.07) is 14.7. The molecule has 0 atom stereocenters. The van der Waals surface area contributed by atoms with Gasteiger partial charge in [-0.25, -0.2) is 4.98 Å². The van der Waals surface area contributed by atoms with Crippen molar-refractivity contribution in [3.05, 3.63) is 59.2 Å². The van der Waals surface area contributed by atoms with Crippen LogP contribution in [-0.2, 0) is 17.6 Å². The van der Waals surface area contributed by atoms with Crippen LogP contribution in [0.25, 0.3) is 10.2 Å². The van der Waals surface area contributed by atoms with Crippen molar-refractivity contribution < 1.29 is 4.79 Å². The molecule has 0 radical (unpaired) electrons. The van der Waals surface area contributed by atoms with Crippen molar-refractivity contribution in [2.75, 3.05) is 31.1 Å². The molecule has 0 aliphatic carbocycles. The van der Waals surface area contributed by atoms with Crippen LogP contribution in [0, 0.1) is 6.92 Å². The lowest BCUT2D eigenvalue weighted by Crippen LogP contribution is -2.49. The van der Waals surface area contributed by atoms with Crippen LogP contribution < -0.4 is 4.90 Å². The van der Waals surface area contributed by atoms with Crippen molar-refractivity contribution in [2.45, 2.75) is 26.7 Å². The first kappa shape index (κ1) is 18.0. The molecule has 1 amide bonds. The number of carbonyl (C=O) groups excluding carboxylic acids is 1. The Balaban J connectivity index is 1.40. The molecule has 0 N–H and O–H groups in total. The molecule has 0 bridgehead atoms. The van der Waals surface area contributed by atoms with Crippen LogP contribution in [0.1, 0.15) is 23.6 Å². The van der Waals surface area contributed by atoms with E-state index >= 15 is 0 Å². The zero-order valence-corrected chi connectivity index (χ0v) is 16.8. The Labute approximate surface area is 164 Å². The van der Waals surface area contributed by atoms with Gasteiger partial charge in [0, 0.05) is 26.2 Å². The van der Waals surface area contributed by atoms with Gasteiger partial charge in [0.2, 0.25) is 5.91 Å². The predicted octanol–water partition coefficient (Wildman–Crippen LogP) is 4.06. The van der Waals surface area contributed by atoms with Crippen molar-refractivity contribution >= 4 is 32.6 Å². The Morgan fingerprint density at radius 2 is 1.81 bits per heavy atom. The van der Waals surface area contributed by atoms with E-state index in [1.807, 2.05) is 4.90 Å². The Kier molecular flexibility index (Phi) is 5.12. The molecule has 4 nitrogen and oxygen atoms in total. The monoisotopic (exact) mass is 379 g/mol. The summed E-state index contributed by atoms with van der Waals surface area (Å²) >= 11 is 1.76. The number of nitrogens with zero attached hydrogens (tertiary/aromatic N) is 3. The number of hydrogen-bond donors (Lipinski definition) is 0. The lowest BCUT2D eigenvalue weighted by molar-refractivity contribution is -0.130. The van der Waals surface area contributed by atoms with Gasteiger partial charge in [0.15, 0.2) is 5.13 Å². The highest BCUT2D eigenvalue weighted by Crippen LogP contribution is 2.31. The van der Waals surface area contributed by atoms with Crippen LogP contribution in [-0.4, -0.2) is 42.0 Å². The summed E-state index contributed by atoms with van der Waals surface area (Å²) in [6.07, 6.45) is 1.49. The number of amides is 1. The summed E-state index contributed by atoms with van der Waals surface area (Å²) in [7, 11) is 0. The lowest BCUT2D eigenvalue weighted by atomic mass is 10.1. The molecule has 1 aliphatic rings. The van der Waals surface area contributed by atoms with E-state index in [0.29, 0.717) is 6.42 Å². The number of hydrogen-bond acceptors (Lipinski definition) is 4. The summed E-state index contributed by atoms with van der Waals surface area (Å²) in [4.78, 5) is 21.8. The molecule has 0 spiro atoms. The zero-order chi connectivity index (χ0) is 18.8. The zero-order valence-electron chi connectivity index (χ0n) is 15.9. The SMILES string of the molecule is CCc1cccc2sc(N3CCN(C(=O)Cc4ccc(C)cc4)CC3)nc12. The van der Waals surface area contributed by atoms with Gasteiger partial charge in [-0.1, -0.05) is 60.2 Å². The van der Waals surface area contributed by atoms with E-state index in [0.717, 1.165) is 48.8 Å². The van der Waals surface area contributed by atoms with Crippen molar-refractivity contribution in [1.82, 2.24) is 9.88 Å². The molecule has 4 rings (SSSR count). The van der Waals surface area contributed by atoms with E-state index in [-0.39, 0.29) is 5.91 Å². The number of benzene rings is 2. The molecular weight excluding hydrogens is 354 g/mol. The third kappa shape index (κ3) is 3.83. The summed E-state index contributed by atoms with van der Waals surface area (Å²) in [5, 5.41) is 1.08. The number of thiazole rings is 1. The van der Waals surface area contributed by atoms with Crippen LogP contribution in [0.3, 0.4) is 0 Å². The second kappa shape index (κ2) is 7.69. The van der Waals surface area contributed by atoms with E-state index in [1.54, 1.807) is 11.3 Å². The second-order valence-corrected chi connectivity index (χ2v) is 8.15. The topological polar surface area (TPSA) is 36.4 Å². The molecule has 0 saturated carbocycles. The molecule has 0 unspecified atom stereocenters. The first-order valence-electron chi connectivity index (χ1n) is 9.60. The maximum atomic E-state index is 12.6. The summed E-state index contributed by atoms with van der Waals surface area (Å²) in [5.41, 5.74) is 4.76. The van der Waals surface area contributed by atoms with Crippen LogP contribution in [0.5, 0.6) is 0 Å². The normalized spacial score (nSPS) is 14.7. The van der Waals surface area contributed by atoms with Gasteiger partial charge in [0.1, 0.15) is 0 Å². The highest BCUT2D eigenvalue weighted by molar-refractivity contribution is 7.22. The number of carbonyl (C=O) groups is 1. The smallest absolute Gasteiger partial charge is 0.227 e. The minimum atomic E-state index is 0.219. The van der Waals surface area contributed by atoms with Crippen LogP contribution >= 0.6 is 11.3 Å². The Morgan fingerprint density at radius 1 is 1.07 bits per heavy atom. The van der Waals surface area contributed by atoms with E-state index in [1.165, 1.54) is 15.8 Å². The van der Waals surface area contributed by atoms with Gasteiger partial charge in [0.25, 0.3) is 0 Å². The number of anilines is 1. The first-order valence-corrected chi connectivity index (χ1v) is 10.4. The minimum Gasteiger partial charge on any atom is -0.345 e. The van der Waals surface area contributed by atoms with E-state index < -0.39 is 0 Å². The maximum Gasteiger partial charge on any atom is 0.227 e. The van der Waals surface area contributed by atoms with Gasteiger partial charge in [-0.2, -0.15) is 0 Å². The van der Waals surface area contributed by atoms with Gasteiger partial charge in [0.05, 0.1) is 16.6 Å². The highest BCUT2D eigenvalue weighted by Gasteiger charge is 2.23. The third-order valence-electron chi connectivity index (χ3n) is 5.25. The number of aromatic nitrogens is 1. The summed E-state index contributed by atoms with van der Waals surface area (Å²) < 4.78 is 1.25. The van der Waals surface area contributed by atoms with Crippen molar-refractivity contribution in [2.24, 2.45) is 0 Å². The molecule has 140 valence electrons. The van der Waals surface area contributed by atoms with Gasteiger partial charge >= 0.3 is 0 Å². The van der Waals surface area contributed by atoms with Crippen LogP contribution in [0.2, 0.25) is 0 Å². The molecule has 1 fully saturated rings. The highest BCUT2D eigenvalue weighted by atomic mass is 32.1. The Hall–Kier alpha value is -2.40. The van der Waals surface area contributed by atoms with E-state index in [9.17, 15) is 4.79 Å². The molecule has 3 aromatic rings. The van der Waals surface area contributed by atoms with Crippen molar-refractivity contribution in [1.29, 1.82) is 0 Å². The molecule has 2 heterocycles. The fraction of sp³-hybridized carbons (Fsp3) is 0.364. The fourth-order valence-electron chi connectivity index (χ4n) is 3.55. The van der Waals surface area contributed by atoms with Gasteiger partial charge in [-0.15, -0.1) is 0 Å². The molecular formula is C22H25N3OS. The number of fused-ring (bicyclic) bond motifs is 1. The van der Waals surface area contributed by atoms with E-state index in [4.69, 9.17) is 4.98 Å². The summed E-state index contributed by atoms with van der Waals surface area (Å²) in [5.74, 6) is 0.219. The molecule has 27 heavy (non-hydrogen) atoms. The number of aryl methyl sites for hydroxylation is 2. The van der Waals surface area contributed by atoms with Crippen LogP contribution in [0.4, 0.5) is 5.13 Å². The number of rotatable bonds is 4. The predicted molar refractivity (Wildman–Crippen MR) is 113 cm³/mol.